The van der Waals surface area contributed by atoms with Crippen LogP contribution in [0.5, 0.6) is 0 Å². The molecular formula is C25H30N4O3S2. The van der Waals surface area contributed by atoms with Crippen LogP contribution in [0.15, 0.2) is 63.7 Å². The molecule has 1 fully saturated rings. The van der Waals surface area contributed by atoms with Crippen molar-refractivity contribution in [3.8, 4) is 0 Å². The highest BCUT2D eigenvalue weighted by atomic mass is 32.2. The van der Waals surface area contributed by atoms with Crippen molar-refractivity contribution in [3.63, 3.8) is 0 Å². The molecule has 1 N–H and O–H groups in total. The second-order valence-corrected chi connectivity index (χ2v) is 11.8. The molecule has 2 aromatic carbocycles. The lowest BCUT2D eigenvalue weighted by Gasteiger charge is -2.31. The van der Waals surface area contributed by atoms with Gasteiger partial charge in [-0.25, -0.2) is 13.4 Å². The molecule has 0 atom stereocenters. The number of aryl methyl sites for hydroxylation is 4. The summed E-state index contributed by atoms with van der Waals surface area (Å²) in [5.74, 6) is -0.280. The molecule has 7 nitrogen and oxygen atoms in total. The molecule has 0 saturated carbocycles. The summed E-state index contributed by atoms with van der Waals surface area (Å²) in [5.41, 5.74) is 3.31. The van der Waals surface area contributed by atoms with E-state index >= 15 is 0 Å². The number of nitrogens with zero attached hydrogens (tertiary/aromatic N) is 3. The van der Waals surface area contributed by atoms with Gasteiger partial charge in [0.15, 0.2) is 5.16 Å². The molecule has 34 heavy (non-hydrogen) atoms. The summed E-state index contributed by atoms with van der Waals surface area (Å²) in [6, 6.07) is 11.5. The van der Waals surface area contributed by atoms with Crippen LogP contribution in [0.25, 0.3) is 0 Å². The Labute approximate surface area is 205 Å². The molecule has 1 aliphatic heterocycles. The monoisotopic (exact) mass is 498 g/mol. The number of piperidine rings is 1. The van der Waals surface area contributed by atoms with Gasteiger partial charge >= 0.3 is 0 Å². The van der Waals surface area contributed by atoms with Crippen LogP contribution < -0.4 is 5.32 Å². The molecule has 1 aliphatic rings. The predicted octanol–water partition coefficient (Wildman–Crippen LogP) is 4.54. The number of sulfonamides is 1. The lowest BCUT2D eigenvalue weighted by Crippen LogP contribution is -2.41. The van der Waals surface area contributed by atoms with Crippen molar-refractivity contribution < 1.29 is 13.2 Å². The molecule has 1 amide bonds. The maximum absolute atomic E-state index is 13.3. The summed E-state index contributed by atoms with van der Waals surface area (Å²) in [7, 11) is -1.64. The molecule has 0 bridgehead atoms. The molecule has 9 heteroatoms. The van der Waals surface area contributed by atoms with Crippen molar-refractivity contribution in [2.75, 3.05) is 18.4 Å². The summed E-state index contributed by atoms with van der Waals surface area (Å²) >= 11 is 1.56. The highest BCUT2D eigenvalue weighted by Crippen LogP contribution is 2.30. The minimum atomic E-state index is -3.59. The maximum atomic E-state index is 13.3. The average molecular weight is 499 g/mol. The number of benzene rings is 2. The Morgan fingerprint density at radius 1 is 1.06 bits per heavy atom. The first-order valence-electron chi connectivity index (χ1n) is 11.3. The summed E-state index contributed by atoms with van der Waals surface area (Å²) in [4.78, 5) is 18.6. The van der Waals surface area contributed by atoms with Gasteiger partial charge in [0.05, 0.1) is 4.90 Å². The second-order valence-electron chi connectivity index (χ2n) is 8.84. The number of aromatic nitrogens is 2. The molecule has 0 spiro atoms. The molecule has 2 heterocycles. The lowest BCUT2D eigenvalue weighted by atomic mass is 9.97. The van der Waals surface area contributed by atoms with Crippen LogP contribution in [0, 0.1) is 26.7 Å². The summed E-state index contributed by atoms with van der Waals surface area (Å²) in [6.45, 7) is 6.33. The van der Waals surface area contributed by atoms with Gasteiger partial charge in [0.1, 0.15) is 0 Å². The van der Waals surface area contributed by atoms with Crippen molar-refractivity contribution in [1.29, 1.82) is 0 Å². The highest BCUT2D eigenvalue weighted by molar-refractivity contribution is 7.99. The third-order valence-electron chi connectivity index (χ3n) is 6.14. The lowest BCUT2D eigenvalue weighted by molar-refractivity contribution is -0.120. The van der Waals surface area contributed by atoms with E-state index in [9.17, 15) is 13.2 Å². The highest BCUT2D eigenvalue weighted by Gasteiger charge is 2.33. The van der Waals surface area contributed by atoms with E-state index in [1.165, 1.54) is 4.31 Å². The molecule has 180 valence electrons. The van der Waals surface area contributed by atoms with Crippen molar-refractivity contribution in [2.45, 2.75) is 48.6 Å². The van der Waals surface area contributed by atoms with Crippen molar-refractivity contribution in [2.24, 2.45) is 13.0 Å². The third kappa shape index (κ3) is 5.21. The van der Waals surface area contributed by atoms with Gasteiger partial charge in [-0.1, -0.05) is 29.5 Å². The zero-order chi connectivity index (χ0) is 24.5. The number of imidazole rings is 1. The smallest absolute Gasteiger partial charge is 0.243 e. The van der Waals surface area contributed by atoms with E-state index in [0.29, 0.717) is 30.8 Å². The van der Waals surface area contributed by atoms with E-state index in [0.717, 1.165) is 32.4 Å². The number of amides is 1. The Morgan fingerprint density at radius 2 is 1.68 bits per heavy atom. The minimum Gasteiger partial charge on any atom is -0.329 e. The Balaban J connectivity index is 1.35. The fourth-order valence-corrected chi connectivity index (χ4v) is 7.15. The molecule has 1 saturated heterocycles. The second kappa shape index (κ2) is 9.93. The first-order chi connectivity index (χ1) is 16.1. The van der Waals surface area contributed by atoms with Gasteiger partial charge < -0.3 is 9.88 Å². The fourth-order valence-electron chi connectivity index (χ4n) is 4.47. The van der Waals surface area contributed by atoms with Crippen LogP contribution in [0.4, 0.5) is 5.69 Å². The van der Waals surface area contributed by atoms with Gasteiger partial charge in [0.25, 0.3) is 0 Å². The SMILES string of the molecule is Cc1cc(C)c(S(=O)(=O)N2CCC(C(=O)Nc3ccc(Sc4nccn4C)cc3)CC2)c(C)c1. The van der Waals surface area contributed by atoms with Gasteiger partial charge in [-0.2, -0.15) is 4.31 Å². The molecule has 0 radical (unpaired) electrons. The van der Waals surface area contributed by atoms with Crippen LogP contribution in [0.1, 0.15) is 29.5 Å². The first kappa shape index (κ1) is 24.5. The van der Waals surface area contributed by atoms with Crippen molar-refractivity contribution in [1.82, 2.24) is 13.9 Å². The van der Waals surface area contributed by atoms with Crippen LogP contribution in [-0.4, -0.2) is 41.3 Å². The van der Waals surface area contributed by atoms with E-state index in [4.69, 9.17) is 0 Å². The molecule has 0 aliphatic carbocycles. The van der Waals surface area contributed by atoms with E-state index in [-0.39, 0.29) is 11.8 Å². The zero-order valence-corrected chi connectivity index (χ0v) is 21.5. The van der Waals surface area contributed by atoms with Crippen molar-refractivity contribution >= 4 is 33.4 Å². The number of hydrogen-bond acceptors (Lipinski definition) is 5. The molecule has 1 aromatic heterocycles. The van der Waals surface area contributed by atoms with Gasteiger partial charge in [-0.3, -0.25) is 4.79 Å². The van der Waals surface area contributed by atoms with Gasteiger partial charge in [0, 0.05) is 49.0 Å². The van der Waals surface area contributed by atoms with Crippen LogP contribution in [0.3, 0.4) is 0 Å². The minimum absolute atomic E-state index is 0.0655. The van der Waals surface area contributed by atoms with Crippen LogP contribution in [0.2, 0.25) is 0 Å². The maximum Gasteiger partial charge on any atom is 0.243 e. The Kier molecular flexibility index (Phi) is 7.16. The third-order valence-corrected chi connectivity index (χ3v) is 9.42. The molecule has 3 aromatic rings. The number of nitrogens with one attached hydrogen (secondary N) is 1. The van der Waals surface area contributed by atoms with E-state index < -0.39 is 10.0 Å². The summed E-state index contributed by atoms with van der Waals surface area (Å²) in [6.07, 6.45) is 4.66. The summed E-state index contributed by atoms with van der Waals surface area (Å²) in [5, 5.41) is 3.88. The van der Waals surface area contributed by atoms with E-state index in [1.54, 1.807) is 18.0 Å². The number of rotatable bonds is 6. The number of carbonyl (C=O) groups is 1. The van der Waals surface area contributed by atoms with Crippen molar-refractivity contribution in [3.05, 3.63) is 65.5 Å². The number of anilines is 1. The Hall–Kier alpha value is -2.62. The molecule has 4 rings (SSSR count). The fraction of sp³-hybridized carbons (Fsp3) is 0.360. The number of carbonyl (C=O) groups excluding carboxylic acids is 1. The van der Waals surface area contributed by atoms with E-state index in [2.05, 4.69) is 10.3 Å². The van der Waals surface area contributed by atoms with Crippen LogP contribution >= 0.6 is 11.8 Å². The number of hydrogen-bond donors (Lipinski definition) is 1. The largest absolute Gasteiger partial charge is 0.329 e. The quantitative estimate of drug-likeness (QED) is 0.540. The first-order valence-corrected chi connectivity index (χ1v) is 13.5. The Bertz CT molecular complexity index is 1270. The predicted molar refractivity (Wildman–Crippen MR) is 135 cm³/mol. The van der Waals surface area contributed by atoms with Gasteiger partial charge in [0.2, 0.25) is 15.9 Å². The van der Waals surface area contributed by atoms with Gasteiger partial charge in [-0.15, -0.1) is 0 Å². The standard InChI is InChI=1S/C25H30N4O3S2/c1-17-15-18(2)23(19(3)16-17)34(31,32)29-12-9-20(10-13-29)24(30)27-21-5-7-22(8-6-21)33-25-26-11-14-28(25)4/h5-8,11,14-16,20H,9-10,12-13H2,1-4H3,(H,27,30). The zero-order valence-electron chi connectivity index (χ0n) is 19.9. The summed E-state index contributed by atoms with van der Waals surface area (Å²) < 4.78 is 30.1. The van der Waals surface area contributed by atoms with Crippen LogP contribution in [-0.2, 0) is 21.9 Å². The normalized spacial score (nSPS) is 15.4. The average Bonchev–Trinajstić information content (AvgIpc) is 3.18. The van der Waals surface area contributed by atoms with Gasteiger partial charge in [-0.05, 0) is 69.0 Å². The topological polar surface area (TPSA) is 84.3 Å². The Morgan fingerprint density at radius 3 is 2.24 bits per heavy atom. The molecular weight excluding hydrogens is 468 g/mol. The van der Waals surface area contributed by atoms with E-state index in [1.807, 2.05) is 75.0 Å². The molecule has 0 unspecified atom stereocenters.